The normalized spacial score (nSPS) is 18.4. The average Bonchev–Trinajstić information content (AvgIpc) is 3.63. The van der Waals surface area contributed by atoms with Crippen LogP contribution in [0.5, 0.6) is 11.5 Å². The fourth-order valence-corrected chi connectivity index (χ4v) is 7.41. The minimum Gasteiger partial charge on any atom is -0.488 e. The second-order valence-electron chi connectivity index (χ2n) is 13.2. The van der Waals surface area contributed by atoms with Crippen molar-refractivity contribution < 1.29 is 14.6 Å². The fraction of sp³-hybridized carbons (Fsp3) is 0.385. The van der Waals surface area contributed by atoms with Crippen LogP contribution in [0.15, 0.2) is 73.1 Å². The van der Waals surface area contributed by atoms with Gasteiger partial charge in [0.2, 0.25) is 0 Å². The van der Waals surface area contributed by atoms with Gasteiger partial charge in [0.05, 0.1) is 12.2 Å². The number of ether oxygens (including phenoxy) is 2. The first-order valence-corrected chi connectivity index (χ1v) is 16.3. The molecule has 6 heteroatoms. The highest BCUT2D eigenvalue weighted by Gasteiger charge is 2.48. The number of nitriles is 1. The number of nitrogens with zero attached hydrogens (tertiary/aromatic N) is 3. The maximum atomic E-state index is 10.3. The molecule has 6 nitrogen and oxygen atoms in total. The molecule has 2 aliphatic carbocycles. The van der Waals surface area contributed by atoms with Gasteiger partial charge in [-0.05, 0) is 96.7 Å². The van der Waals surface area contributed by atoms with E-state index in [2.05, 4.69) is 71.4 Å². The summed E-state index contributed by atoms with van der Waals surface area (Å²) in [6.45, 7) is 4.96. The van der Waals surface area contributed by atoms with Crippen LogP contribution in [0.4, 0.5) is 0 Å². The zero-order chi connectivity index (χ0) is 30.8. The van der Waals surface area contributed by atoms with E-state index in [9.17, 15) is 10.4 Å². The van der Waals surface area contributed by atoms with E-state index in [1.54, 1.807) is 12.4 Å². The Hall–Kier alpha value is -4.18. The third kappa shape index (κ3) is 6.20. The first-order chi connectivity index (χ1) is 22.1. The predicted molar refractivity (Wildman–Crippen MR) is 175 cm³/mol. The van der Waals surface area contributed by atoms with Gasteiger partial charge in [0, 0.05) is 48.7 Å². The standard InChI is InChI=1S/C39H41N3O3/c1-27-31(9-5-10-33(27)30-7-3-2-4-8-30)25-45-37-18-38(44-24-29-17-28(19-40)20-41-21-29)36(34-11-6-12-35(34)37)22-42-26-39(15-16-39)14-13-32(42)23-43/h2-5,7-10,17-18,20-21,32,43H,6,11-16,22-26H2,1H3. The highest BCUT2D eigenvalue weighted by molar-refractivity contribution is 5.68. The minimum atomic E-state index is 0.174. The van der Waals surface area contributed by atoms with E-state index in [4.69, 9.17) is 9.47 Å². The van der Waals surface area contributed by atoms with E-state index in [1.165, 1.54) is 58.2 Å². The maximum Gasteiger partial charge on any atom is 0.128 e. The summed E-state index contributed by atoms with van der Waals surface area (Å²) in [7, 11) is 0. The number of aliphatic hydroxyl groups is 1. The van der Waals surface area contributed by atoms with Gasteiger partial charge in [0.1, 0.15) is 30.8 Å². The van der Waals surface area contributed by atoms with Crippen LogP contribution in [0.1, 0.15) is 71.0 Å². The van der Waals surface area contributed by atoms with Crippen LogP contribution in [0, 0.1) is 23.7 Å². The van der Waals surface area contributed by atoms with Crippen molar-refractivity contribution in [2.75, 3.05) is 13.2 Å². The zero-order valence-electron chi connectivity index (χ0n) is 26.1. The van der Waals surface area contributed by atoms with E-state index >= 15 is 0 Å². The molecular formula is C39H41N3O3. The SMILES string of the molecule is Cc1c(COc2cc(OCc3cncc(C#N)c3)c(CN3CC4(CCC3CO)CC4)c3c2CCC3)cccc1-c1ccccc1. The molecule has 1 saturated heterocycles. The van der Waals surface area contributed by atoms with Crippen LogP contribution in [-0.4, -0.2) is 34.2 Å². The zero-order valence-corrected chi connectivity index (χ0v) is 26.1. The van der Waals surface area contributed by atoms with Gasteiger partial charge >= 0.3 is 0 Å². The van der Waals surface area contributed by atoms with Gasteiger partial charge in [0.15, 0.2) is 0 Å². The molecule has 1 saturated carbocycles. The molecule has 45 heavy (non-hydrogen) atoms. The second-order valence-corrected chi connectivity index (χ2v) is 13.2. The topological polar surface area (TPSA) is 78.6 Å². The van der Waals surface area contributed by atoms with Gasteiger partial charge < -0.3 is 14.6 Å². The van der Waals surface area contributed by atoms with Gasteiger partial charge in [-0.25, -0.2) is 0 Å². The molecule has 3 aromatic carbocycles. The number of pyridine rings is 1. The Morgan fingerprint density at radius 3 is 2.58 bits per heavy atom. The Bertz CT molecular complexity index is 1720. The van der Waals surface area contributed by atoms with Gasteiger partial charge in [-0.2, -0.15) is 5.26 Å². The van der Waals surface area contributed by atoms with E-state index in [-0.39, 0.29) is 12.6 Å². The highest BCUT2D eigenvalue weighted by Crippen LogP contribution is 2.53. The van der Waals surface area contributed by atoms with E-state index in [1.807, 2.05) is 12.1 Å². The molecule has 1 N–H and O–H groups in total. The monoisotopic (exact) mass is 599 g/mol. The third-order valence-corrected chi connectivity index (χ3v) is 10.3. The Labute approximate surface area is 266 Å². The van der Waals surface area contributed by atoms with Crippen molar-refractivity contribution in [1.29, 1.82) is 5.26 Å². The lowest BCUT2D eigenvalue weighted by atomic mass is 9.89. The third-order valence-electron chi connectivity index (χ3n) is 10.3. The summed E-state index contributed by atoms with van der Waals surface area (Å²) in [5, 5.41) is 19.7. The summed E-state index contributed by atoms with van der Waals surface area (Å²) in [6.07, 6.45) is 11.3. The lowest BCUT2D eigenvalue weighted by molar-refractivity contribution is 0.0484. The first kappa shape index (κ1) is 29.5. The molecule has 1 aromatic heterocycles. The molecule has 1 spiro atoms. The van der Waals surface area contributed by atoms with Gasteiger partial charge in [0.25, 0.3) is 0 Å². The van der Waals surface area contributed by atoms with Gasteiger partial charge in [-0.1, -0.05) is 48.5 Å². The van der Waals surface area contributed by atoms with Crippen molar-refractivity contribution in [2.24, 2.45) is 5.41 Å². The molecular weight excluding hydrogens is 558 g/mol. The quantitative estimate of drug-likeness (QED) is 0.206. The second kappa shape index (κ2) is 12.7. The van der Waals surface area contributed by atoms with Crippen LogP contribution in [0.25, 0.3) is 11.1 Å². The Morgan fingerprint density at radius 1 is 0.956 bits per heavy atom. The summed E-state index contributed by atoms with van der Waals surface area (Å²) >= 11 is 0. The summed E-state index contributed by atoms with van der Waals surface area (Å²) in [5.74, 6) is 1.72. The summed E-state index contributed by atoms with van der Waals surface area (Å²) in [5.41, 5.74) is 10.5. The number of piperidine rings is 1. The minimum absolute atomic E-state index is 0.174. The molecule has 0 bridgehead atoms. The smallest absolute Gasteiger partial charge is 0.128 e. The Balaban J connectivity index is 1.21. The number of hydrogen-bond acceptors (Lipinski definition) is 6. The Morgan fingerprint density at radius 2 is 1.78 bits per heavy atom. The average molecular weight is 600 g/mol. The van der Waals surface area contributed by atoms with Crippen LogP contribution >= 0.6 is 0 Å². The number of fused-ring (bicyclic) bond motifs is 1. The van der Waals surface area contributed by atoms with Crippen LogP contribution in [0.2, 0.25) is 0 Å². The number of aromatic nitrogens is 1. The summed E-state index contributed by atoms with van der Waals surface area (Å²) < 4.78 is 13.3. The van der Waals surface area contributed by atoms with Crippen molar-refractivity contribution in [2.45, 2.75) is 77.7 Å². The number of benzene rings is 3. The van der Waals surface area contributed by atoms with Crippen molar-refractivity contribution in [3.05, 3.63) is 112 Å². The lowest BCUT2D eigenvalue weighted by Crippen LogP contribution is -2.45. The van der Waals surface area contributed by atoms with E-state index < -0.39 is 0 Å². The van der Waals surface area contributed by atoms with Crippen molar-refractivity contribution in [1.82, 2.24) is 9.88 Å². The number of hydrogen-bond donors (Lipinski definition) is 1. The summed E-state index contributed by atoms with van der Waals surface area (Å²) in [4.78, 5) is 6.75. The van der Waals surface area contributed by atoms with E-state index in [0.29, 0.717) is 24.2 Å². The summed E-state index contributed by atoms with van der Waals surface area (Å²) in [6, 6.07) is 23.2. The molecule has 2 fully saturated rings. The first-order valence-electron chi connectivity index (χ1n) is 16.3. The Kier molecular flexibility index (Phi) is 8.31. The maximum absolute atomic E-state index is 10.3. The molecule has 2 heterocycles. The molecule has 1 unspecified atom stereocenters. The van der Waals surface area contributed by atoms with Crippen molar-refractivity contribution in [3.63, 3.8) is 0 Å². The number of rotatable bonds is 10. The number of aliphatic hydroxyl groups excluding tert-OH is 1. The van der Waals surface area contributed by atoms with Crippen LogP contribution < -0.4 is 9.47 Å². The molecule has 7 rings (SSSR count). The van der Waals surface area contributed by atoms with Gasteiger partial charge in [-0.3, -0.25) is 9.88 Å². The molecule has 1 aliphatic heterocycles. The molecule has 230 valence electrons. The van der Waals surface area contributed by atoms with Gasteiger partial charge in [-0.15, -0.1) is 0 Å². The fourth-order valence-electron chi connectivity index (χ4n) is 7.41. The lowest BCUT2D eigenvalue weighted by Gasteiger charge is -2.40. The molecule has 0 radical (unpaired) electrons. The molecule has 4 aromatic rings. The molecule has 3 aliphatic rings. The largest absolute Gasteiger partial charge is 0.488 e. The van der Waals surface area contributed by atoms with Crippen molar-refractivity contribution >= 4 is 0 Å². The van der Waals surface area contributed by atoms with E-state index in [0.717, 1.165) is 55.8 Å². The molecule has 0 amide bonds. The van der Waals surface area contributed by atoms with Crippen LogP contribution in [-0.2, 0) is 32.6 Å². The van der Waals surface area contributed by atoms with Crippen LogP contribution in [0.3, 0.4) is 0 Å². The predicted octanol–water partition coefficient (Wildman–Crippen LogP) is 7.31. The molecule has 1 atom stereocenters. The highest BCUT2D eigenvalue weighted by atomic mass is 16.5. The number of likely N-dealkylation sites (tertiary alicyclic amines) is 1. The van der Waals surface area contributed by atoms with Crippen molar-refractivity contribution in [3.8, 4) is 28.7 Å².